The van der Waals surface area contributed by atoms with Gasteiger partial charge in [0.1, 0.15) is 24.4 Å². The lowest BCUT2D eigenvalue weighted by atomic mass is 10.0. The quantitative estimate of drug-likeness (QED) is 0.288. The van der Waals surface area contributed by atoms with Gasteiger partial charge >= 0.3 is 0 Å². The zero-order valence-electron chi connectivity index (χ0n) is 30.0. The molecule has 2 heterocycles. The van der Waals surface area contributed by atoms with E-state index in [9.17, 15) is 24.3 Å². The van der Waals surface area contributed by atoms with Crippen LogP contribution in [0.25, 0.3) is 0 Å². The summed E-state index contributed by atoms with van der Waals surface area (Å²) >= 11 is 0. The number of amides is 4. The minimum Gasteiger partial charge on any atom is -0.493 e. The van der Waals surface area contributed by atoms with E-state index in [1.165, 1.54) is 20.1 Å². The molecule has 1 aromatic heterocycles. The maximum Gasteiger partial charge on any atom is 0.252 e. The zero-order chi connectivity index (χ0) is 36.8. The van der Waals surface area contributed by atoms with Crippen LogP contribution in [0.2, 0.25) is 0 Å². The van der Waals surface area contributed by atoms with E-state index in [0.29, 0.717) is 81.9 Å². The molecule has 276 valence electrons. The smallest absolute Gasteiger partial charge is 0.252 e. The van der Waals surface area contributed by atoms with Crippen LogP contribution in [0.5, 0.6) is 11.5 Å². The highest BCUT2D eigenvalue weighted by Gasteiger charge is 2.30. The topological polar surface area (TPSA) is 177 Å². The van der Waals surface area contributed by atoms with E-state index in [1.54, 1.807) is 23.0 Å². The van der Waals surface area contributed by atoms with Crippen molar-refractivity contribution in [2.75, 3.05) is 26.7 Å². The van der Waals surface area contributed by atoms with Gasteiger partial charge in [-0.3, -0.25) is 23.9 Å². The van der Waals surface area contributed by atoms with Crippen LogP contribution in [0, 0.1) is 5.92 Å². The highest BCUT2D eigenvalue weighted by molar-refractivity contribution is 5.99. The van der Waals surface area contributed by atoms with E-state index in [-0.39, 0.29) is 24.0 Å². The summed E-state index contributed by atoms with van der Waals surface area (Å²) in [4.78, 5) is 55.2. The Morgan fingerprint density at radius 1 is 1.00 bits per heavy atom. The molecule has 4 rings (SSSR count). The number of aliphatic hydroxyl groups excluding tert-OH is 1. The Kier molecular flexibility index (Phi) is 14.8. The summed E-state index contributed by atoms with van der Waals surface area (Å²) in [6, 6.07) is 12.4. The molecule has 0 spiro atoms. The number of fused-ring (bicyclic) bond motifs is 4. The molecule has 51 heavy (non-hydrogen) atoms. The molecule has 3 aromatic rings. The third-order valence-corrected chi connectivity index (χ3v) is 8.57. The van der Waals surface area contributed by atoms with Crippen molar-refractivity contribution in [2.24, 2.45) is 5.92 Å². The summed E-state index contributed by atoms with van der Waals surface area (Å²) in [6.45, 7) is 7.17. The monoisotopic (exact) mass is 705 g/mol. The van der Waals surface area contributed by atoms with Crippen LogP contribution in [-0.4, -0.2) is 93.6 Å². The van der Waals surface area contributed by atoms with Gasteiger partial charge in [0.15, 0.2) is 11.5 Å². The molecule has 0 fully saturated rings. The second-order valence-corrected chi connectivity index (χ2v) is 13.2. The highest BCUT2D eigenvalue weighted by atomic mass is 16.5. The van der Waals surface area contributed by atoms with Gasteiger partial charge in [-0.2, -0.15) is 0 Å². The van der Waals surface area contributed by atoms with Crippen molar-refractivity contribution in [3.05, 3.63) is 71.5 Å². The van der Waals surface area contributed by atoms with E-state index >= 15 is 0 Å². The largest absolute Gasteiger partial charge is 0.493 e. The Morgan fingerprint density at radius 3 is 2.49 bits per heavy atom. The number of carbonyl (C=O) groups excluding carboxylic acids is 4. The Bertz CT molecular complexity index is 1590. The molecule has 0 unspecified atom stereocenters. The van der Waals surface area contributed by atoms with Crippen LogP contribution < -0.4 is 25.4 Å². The molecule has 4 N–H and O–H groups in total. The standard InChI is InChI=1S/C37H51N7O7/c1-25(2)21-30-36(48)40-34(26(3)45)37(49)38-17-8-9-18-43(33(46)16-13-27-11-6-5-7-12-27)19-10-20-44-23-29(41-42-44)24-51-32-22-28(35(47)39-30)14-15-31(32)50-4/h5-7,11-12,14-15,22-23,25-26,30,34,45H,8-10,13,16-21,24H2,1-4H3,(H,38,49)(H,39,47)(H,40,48)/t26-,30-,34+/m1/s1. The Hall–Kier alpha value is -4.98. The van der Waals surface area contributed by atoms with E-state index in [0.717, 1.165) is 5.56 Å². The number of hydrogen-bond donors (Lipinski definition) is 4. The molecule has 4 bridgehead atoms. The molecule has 3 atom stereocenters. The molecule has 0 radical (unpaired) electrons. The van der Waals surface area contributed by atoms with Gasteiger partial charge in [-0.25, -0.2) is 0 Å². The molecule has 4 amide bonds. The summed E-state index contributed by atoms with van der Waals surface area (Å²) in [5.41, 5.74) is 1.90. The fourth-order valence-electron chi connectivity index (χ4n) is 5.79. The van der Waals surface area contributed by atoms with Gasteiger partial charge in [0.05, 0.1) is 19.4 Å². The molecule has 14 heteroatoms. The van der Waals surface area contributed by atoms with Crippen LogP contribution in [0.4, 0.5) is 0 Å². The van der Waals surface area contributed by atoms with Crippen molar-refractivity contribution in [1.82, 2.24) is 35.8 Å². The summed E-state index contributed by atoms with van der Waals surface area (Å²) in [5.74, 6) is -0.871. The van der Waals surface area contributed by atoms with Gasteiger partial charge in [-0.15, -0.1) is 5.10 Å². The molecule has 1 aliphatic heterocycles. The van der Waals surface area contributed by atoms with Crippen LogP contribution in [0.1, 0.15) is 74.5 Å². The lowest BCUT2D eigenvalue weighted by molar-refractivity contribution is -0.132. The number of nitrogens with zero attached hydrogens (tertiary/aromatic N) is 4. The maximum absolute atomic E-state index is 13.5. The zero-order valence-corrected chi connectivity index (χ0v) is 30.0. The lowest BCUT2D eigenvalue weighted by Crippen LogP contribution is -2.57. The third-order valence-electron chi connectivity index (χ3n) is 8.57. The number of rotatable bonds is 7. The van der Waals surface area contributed by atoms with Gasteiger partial charge in [0.2, 0.25) is 17.7 Å². The second-order valence-electron chi connectivity index (χ2n) is 13.2. The van der Waals surface area contributed by atoms with Crippen LogP contribution in [0.15, 0.2) is 54.7 Å². The molecule has 2 aromatic carbocycles. The average molecular weight is 706 g/mol. The van der Waals surface area contributed by atoms with Crippen LogP contribution in [-0.2, 0) is 34.0 Å². The number of benzene rings is 2. The van der Waals surface area contributed by atoms with Gasteiger partial charge in [-0.1, -0.05) is 49.4 Å². The number of nitrogens with one attached hydrogen (secondary N) is 3. The van der Waals surface area contributed by atoms with Gasteiger partial charge < -0.3 is 35.4 Å². The van der Waals surface area contributed by atoms with Crippen LogP contribution >= 0.6 is 0 Å². The maximum atomic E-state index is 13.5. The summed E-state index contributed by atoms with van der Waals surface area (Å²) < 4.78 is 13.2. The lowest BCUT2D eigenvalue weighted by Gasteiger charge is -2.26. The number of carbonyl (C=O) groups is 4. The summed E-state index contributed by atoms with van der Waals surface area (Å²) in [6.07, 6.45) is 3.77. The fraction of sp³-hybridized carbons (Fsp3) is 0.514. The minimum atomic E-state index is -1.23. The third kappa shape index (κ3) is 12.1. The van der Waals surface area contributed by atoms with E-state index in [1.807, 2.05) is 49.1 Å². The first-order chi connectivity index (χ1) is 24.5. The van der Waals surface area contributed by atoms with Gasteiger partial charge in [0, 0.05) is 38.2 Å². The number of hydrogen-bond acceptors (Lipinski definition) is 9. The number of aromatic nitrogens is 3. The van der Waals surface area contributed by atoms with Crippen molar-refractivity contribution in [3.63, 3.8) is 0 Å². The highest BCUT2D eigenvalue weighted by Crippen LogP contribution is 2.29. The first-order valence-electron chi connectivity index (χ1n) is 17.6. The fourth-order valence-corrected chi connectivity index (χ4v) is 5.79. The number of methoxy groups -OCH3 is 1. The molecule has 14 nitrogen and oxygen atoms in total. The predicted molar refractivity (Wildman–Crippen MR) is 190 cm³/mol. The number of aliphatic hydroxyl groups is 1. The first kappa shape index (κ1) is 38.8. The van der Waals surface area contributed by atoms with Crippen molar-refractivity contribution < 1.29 is 33.8 Å². The minimum absolute atomic E-state index is 0.0275. The molecule has 0 saturated carbocycles. The van der Waals surface area contributed by atoms with Gasteiger partial charge in [-0.05, 0) is 68.7 Å². The van der Waals surface area contributed by atoms with E-state index in [2.05, 4.69) is 26.3 Å². The summed E-state index contributed by atoms with van der Waals surface area (Å²) in [5, 5.41) is 27.1. The number of aryl methyl sites for hydroxylation is 2. The Balaban J connectivity index is 1.54. The molecule has 1 aliphatic rings. The SMILES string of the molecule is COc1ccc2cc1OCc1cn(nn1)CCCN(C(=O)CCc1ccccc1)CCCCNC(=O)[C@H]([C@@H](C)O)NC(=O)[C@@H](CC(C)C)NC2=O. The summed E-state index contributed by atoms with van der Waals surface area (Å²) in [7, 11) is 1.49. The van der Waals surface area contributed by atoms with E-state index < -0.39 is 35.9 Å². The Labute approximate surface area is 299 Å². The predicted octanol–water partition coefficient (Wildman–Crippen LogP) is 2.64. The van der Waals surface area contributed by atoms with Crippen LogP contribution in [0.3, 0.4) is 0 Å². The first-order valence-corrected chi connectivity index (χ1v) is 17.6. The molecule has 0 saturated heterocycles. The molecule has 0 aliphatic carbocycles. The second kappa shape index (κ2) is 19.4. The van der Waals surface area contributed by atoms with Crippen molar-refractivity contribution in [1.29, 1.82) is 0 Å². The van der Waals surface area contributed by atoms with Crippen molar-refractivity contribution >= 4 is 23.6 Å². The molecular weight excluding hydrogens is 654 g/mol. The van der Waals surface area contributed by atoms with Crippen molar-refractivity contribution in [2.45, 2.75) is 90.6 Å². The van der Waals surface area contributed by atoms with E-state index in [4.69, 9.17) is 9.47 Å². The van der Waals surface area contributed by atoms with Crippen molar-refractivity contribution in [3.8, 4) is 11.5 Å². The average Bonchev–Trinajstić information content (AvgIpc) is 3.57. The Morgan fingerprint density at radius 2 is 1.76 bits per heavy atom. The number of ether oxygens (including phenoxy) is 2. The molecular formula is C37H51N7O7. The normalized spacial score (nSPS) is 19.2. The van der Waals surface area contributed by atoms with Gasteiger partial charge in [0.25, 0.3) is 5.91 Å².